The molecule has 0 atom stereocenters. The largest absolute Gasteiger partial charge is 0.322 e. The minimum absolute atomic E-state index is 0.0779. The van der Waals surface area contributed by atoms with E-state index in [2.05, 4.69) is 10.3 Å². The highest BCUT2D eigenvalue weighted by Gasteiger charge is 2.14. The molecule has 0 spiro atoms. The predicted molar refractivity (Wildman–Crippen MR) is 122 cm³/mol. The summed E-state index contributed by atoms with van der Waals surface area (Å²) in [4.78, 5) is 30.8. The maximum atomic E-state index is 12.9. The van der Waals surface area contributed by atoms with Gasteiger partial charge in [0.1, 0.15) is 0 Å². The third kappa shape index (κ3) is 4.84. The van der Waals surface area contributed by atoms with E-state index in [9.17, 15) is 9.59 Å². The number of thiazole rings is 1. The number of rotatable bonds is 7. The molecule has 148 valence electrons. The number of anilines is 1. The first-order chi connectivity index (χ1) is 14.7. The van der Waals surface area contributed by atoms with Crippen LogP contribution in [0.1, 0.15) is 32.0 Å². The molecule has 0 aliphatic rings. The number of hydrogen-bond donors (Lipinski definition) is 1. The number of thioether (sulfide) groups is 1. The van der Waals surface area contributed by atoms with Gasteiger partial charge in [0.25, 0.3) is 5.91 Å². The van der Waals surface area contributed by atoms with Gasteiger partial charge in [-0.1, -0.05) is 54.6 Å². The average Bonchev–Trinajstić information content (AvgIpc) is 3.32. The van der Waals surface area contributed by atoms with Gasteiger partial charge < -0.3 is 5.32 Å². The molecule has 1 N–H and O–H groups in total. The fourth-order valence-corrected chi connectivity index (χ4v) is 4.55. The van der Waals surface area contributed by atoms with Gasteiger partial charge in [-0.25, -0.2) is 4.98 Å². The maximum Gasteiger partial charge on any atom is 0.256 e. The number of ketones is 1. The highest BCUT2D eigenvalue weighted by Crippen LogP contribution is 2.27. The number of amides is 1. The molecule has 1 heterocycles. The SMILES string of the molecule is O=C(c1ccccc1)c1cccc(NC(=O)c2ccccc2SCc2cscn2)c1. The molecule has 30 heavy (non-hydrogen) atoms. The molecule has 3 aromatic carbocycles. The van der Waals surface area contributed by atoms with Crippen molar-refractivity contribution in [2.45, 2.75) is 10.6 Å². The zero-order valence-electron chi connectivity index (χ0n) is 15.9. The van der Waals surface area contributed by atoms with Gasteiger partial charge in [0.2, 0.25) is 0 Å². The van der Waals surface area contributed by atoms with Crippen LogP contribution in [-0.2, 0) is 5.75 Å². The Labute approximate surface area is 183 Å². The summed E-state index contributed by atoms with van der Waals surface area (Å²) < 4.78 is 0. The van der Waals surface area contributed by atoms with E-state index >= 15 is 0 Å². The van der Waals surface area contributed by atoms with Crippen molar-refractivity contribution in [2.24, 2.45) is 0 Å². The zero-order valence-corrected chi connectivity index (χ0v) is 17.6. The van der Waals surface area contributed by atoms with Crippen LogP contribution in [0, 0.1) is 0 Å². The molecule has 0 bridgehead atoms. The van der Waals surface area contributed by atoms with E-state index in [0.29, 0.717) is 28.1 Å². The predicted octanol–water partition coefficient (Wildman–Crippen LogP) is 5.92. The molecular weight excluding hydrogens is 412 g/mol. The number of aromatic nitrogens is 1. The second-order valence-electron chi connectivity index (χ2n) is 6.49. The first-order valence-electron chi connectivity index (χ1n) is 9.31. The van der Waals surface area contributed by atoms with Crippen LogP contribution >= 0.6 is 23.1 Å². The van der Waals surface area contributed by atoms with Crippen molar-refractivity contribution in [3.05, 3.63) is 112 Å². The summed E-state index contributed by atoms with van der Waals surface area (Å²) >= 11 is 3.14. The fraction of sp³-hybridized carbons (Fsp3) is 0.0417. The van der Waals surface area contributed by atoms with Gasteiger partial charge in [-0.2, -0.15) is 0 Å². The summed E-state index contributed by atoms with van der Waals surface area (Å²) in [7, 11) is 0. The highest BCUT2D eigenvalue weighted by atomic mass is 32.2. The van der Waals surface area contributed by atoms with Crippen LogP contribution < -0.4 is 5.32 Å². The van der Waals surface area contributed by atoms with Crippen molar-refractivity contribution in [1.29, 1.82) is 0 Å². The maximum absolute atomic E-state index is 12.9. The van der Waals surface area contributed by atoms with Gasteiger partial charge in [-0.3, -0.25) is 9.59 Å². The van der Waals surface area contributed by atoms with Crippen LogP contribution in [0.2, 0.25) is 0 Å². The molecule has 4 nitrogen and oxygen atoms in total. The number of nitrogens with one attached hydrogen (secondary N) is 1. The molecule has 0 saturated heterocycles. The van der Waals surface area contributed by atoms with Gasteiger partial charge in [-0.05, 0) is 24.3 Å². The Kier molecular flexibility index (Phi) is 6.37. The Morgan fingerprint density at radius 2 is 1.67 bits per heavy atom. The van der Waals surface area contributed by atoms with Crippen LogP contribution in [-0.4, -0.2) is 16.7 Å². The van der Waals surface area contributed by atoms with Crippen molar-refractivity contribution in [3.8, 4) is 0 Å². The lowest BCUT2D eigenvalue weighted by atomic mass is 10.0. The lowest BCUT2D eigenvalue weighted by Crippen LogP contribution is -2.13. The minimum atomic E-state index is -0.208. The molecule has 0 aliphatic carbocycles. The van der Waals surface area contributed by atoms with Gasteiger partial charge in [0.05, 0.1) is 16.8 Å². The van der Waals surface area contributed by atoms with Crippen LogP contribution in [0.5, 0.6) is 0 Å². The highest BCUT2D eigenvalue weighted by molar-refractivity contribution is 7.98. The van der Waals surface area contributed by atoms with E-state index in [4.69, 9.17) is 0 Å². The average molecular weight is 431 g/mol. The summed E-state index contributed by atoms with van der Waals surface area (Å²) in [6.45, 7) is 0. The third-order valence-corrected chi connectivity index (χ3v) is 6.15. The van der Waals surface area contributed by atoms with Gasteiger partial charge in [0, 0.05) is 32.8 Å². The Morgan fingerprint density at radius 1 is 0.900 bits per heavy atom. The van der Waals surface area contributed by atoms with E-state index in [1.807, 2.05) is 41.8 Å². The first-order valence-corrected chi connectivity index (χ1v) is 11.2. The molecule has 4 aromatic rings. The van der Waals surface area contributed by atoms with E-state index in [-0.39, 0.29) is 11.7 Å². The number of carbonyl (C=O) groups is 2. The van der Waals surface area contributed by atoms with Crippen LogP contribution in [0.15, 0.2) is 94.6 Å². The molecule has 0 unspecified atom stereocenters. The second kappa shape index (κ2) is 9.52. The van der Waals surface area contributed by atoms with Crippen LogP contribution in [0.3, 0.4) is 0 Å². The monoisotopic (exact) mass is 430 g/mol. The zero-order chi connectivity index (χ0) is 20.8. The lowest BCUT2D eigenvalue weighted by Gasteiger charge is -2.10. The van der Waals surface area contributed by atoms with Gasteiger partial charge >= 0.3 is 0 Å². The fourth-order valence-electron chi connectivity index (χ4n) is 2.93. The Balaban J connectivity index is 1.50. The third-order valence-electron chi connectivity index (χ3n) is 4.41. The Morgan fingerprint density at radius 3 is 2.47 bits per heavy atom. The number of benzene rings is 3. The summed E-state index contributed by atoms with van der Waals surface area (Å²) in [5, 5.41) is 4.93. The Hall–Kier alpha value is -3.22. The first kappa shape index (κ1) is 20.1. The van der Waals surface area contributed by atoms with Crippen molar-refractivity contribution >= 4 is 40.5 Å². The van der Waals surface area contributed by atoms with Crippen molar-refractivity contribution < 1.29 is 9.59 Å². The number of hydrogen-bond acceptors (Lipinski definition) is 5. The van der Waals surface area contributed by atoms with E-state index in [0.717, 1.165) is 10.6 Å². The molecule has 6 heteroatoms. The van der Waals surface area contributed by atoms with E-state index < -0.39 is 0 Å². The van der Waals surface area contributed by atoms with Crippen molar-refractivity contribution in [1.82, 2.24) is 4.98 Å². The minimum Gasteiger partial charge on any atom is -0.322 e. The summed E-state index contributed by atoms with van der Waals surface area (Å²) in [5.74, 6) is 0.418. The van der Waals surface area contributed by atoms with Crippen molar-refractivity contribution in [3.63, 3.8) is 0 Å². The normalized spacial score (nSPS) is 10.5. The van der Waals surface area contributed by atoms with Crippen molar-refractivity contribution in [2.75, 3.05) is 5.32 Å². The quantitative estimate of drug-likeness (QED) is 0.292. The molecule has 1 amide bonds. The summed E-state index contributed by atoms with van der Waals surface area (Å²) in [6, 6.07) is 23.6. The number of carbonyl (C=O) groups excluding carboxylic acids is 2. The number of nitrogens with zero attached hydrogens (tertiary/aromatic N) is 1. The van der Waals surface area contributed by atoms with Gasteiger partial charge in [0.15, 0.2) is 5.78 Å². The summed E-state index contributed by atoms with van der Waals surface area (Å²) in [5.41, 5.74) is 5.12. The molecule has 0 fully saturated rings. The molecule has 0 radical (unpaired) electrons. The standard InChI is InChI=1S/C24H18N2O2S2/c27-23(17-7-2-1-3-8-17)18-9-6-10-19(13-18)26-24(28)21-11-4-5-12-22(21)30-15-20-14-29-16-25-20/h1-14,16H,15H2,(H,26,28). The van der Waals surface area contributed by atoms with Gasteiger partial charge in [-0.15, -0.1) is 23.1 Å². The van der Waals surface area contributed by atoms with E-state index in [1.165, 1.54) is 0 Å². The smallest absolute Gasteiger partial charge is 0.256 e. The Bertz CT molecular complexity index is 1160. The van der Waals surface area contributed by atoms with Crippen LogP contribution in [0.4, 0.5) is 5.69 Å². The van der Waals surface area contributed by atoms with E-state index in [1.54, 1.807) is 71.1 Å². The lowest BCUT2D eigenvalue weighted by molar-refractivity contribution is 0.101. The second-order valence-corrected chi connectivity index (χ2v) is 8.23. The van der Waals surface area contributed by atoms with Crippen LogP contribution in [0.25, 0.3) is 0 Å². The molecular formula is C24H18N2O2S2. The molecule has 0 saturated carbocycles. The topological polar surface area (TPSA) is 59.1 Å². The summed E-state index contributed by atoms with van der Waals surface area (Å²) in [6.07, 6.45) is 0. The molecule has 4 rings (SSSR count). The molecule has 0 aliphatic heterocycles. The molecule has 1 aromatic heterocycles.